The summed E-state index contributed by atoms with van der Waals surface area (Å²) < 4.78 is 45.2. The molecule has 154 valence electrons. The van der Waals surface area contributed by atoms with Crippen molar-refractivity contribution in [1.29, 1.82) is 0 Å². The van der Waals surface area contributed by atoms with Crippen molar-refractivity contribution in [2.24, 2.45) is 5.92 Å². The molecule has 1 aliphatic heterocycles. The number of hydrogen-bond acceptors (Lipinski definition) is 5. The van der Waals surface area contributed by atoms with Gasteiger partial charge in [-0.25, -0.2) is 22.3 Å². The third kappa shape index (κ3) is 4.79. The van der Waals surface area contributed by atoms with Gasteiger partial charge in [0.1, 0.15) is 16.8 Å². The van der Waals surface area contributed by atoms with E-state index in [2.05, 4.69) is 4.72 Å². The van der Waals surface area contributed by atoms with Crippen LogP contribution in [0.4, 0.5) is 4.39 Å². The largest absolute Gasteiger partial charge is 0.478 e. The maximum Gasteiger partial charge on any atom is 0.346 e. The summed E-state index contributed by atoms with van der Waals surface area (Å²) >= 11 is 0. The summed E-state index contributed by atoms with van der Waals surface area (Å²) in [5, 5.41) is 8.48. The second-order valence-corrected chi connectivity index (χ2v) is 9.18. The van der Waals surface area contributed by atoms with Crippen LogP contribution in [0.1, 0.15) is 25.7 Å². The van der Waals surface area contributed by atoms with Gasteiger partial charge in [0, 0.05) is 19.0 Å². The predicted octanol–water partition coefficient (Wildman–Crippen LogP) is 0.978. The highest BCUT2D eigenvalue weighted by Gasteiger charge is 2.42. The maximum atomic E-state index is 12.9. The molecule has 2 aliphatic rings. The molecule has 0 radical (unpaired) electrons. The monoisotopic (exact) mass is 414 g/mol. The average molecular weight is 414 g/mol. The summed E-state index contributed by atoms with van der Waals surface area (Å²) in [5.41, 5.74) is 0. The van der Waals surface area contributed by atoms with Crippen LogP contribution in [-0.2, 0) is 19.6 Å². The predicted molar refractivity (Wildman–Crippen MR) is 97.7 cm³/mol. The molecule has 0 spiro atoms. The van der Waals surface area contributed by atoms with Crippen molar-refractivity contribution in [2.75, 3.05) is 19.6 Å². The van der Waals surface area contributed by atoms with E-state index in [9.17, 15) is 27.5 Å². The number of sulfonamides is 1. The summed E-state index contributed by atoms with van der Waals surface area (Å²) in [6.45, 7) is -0.245. The Kier molecular flexibility index (Phi) is 6.19. The molecule has 8 nitrogen and oxygen atoms in total. The van der Waals surface area contributed by atoms with Crippen LogP contribution in [0.5, 0.6) is 5.75 Å². The maximum absolute atomic E-state index is 12.9. The third-order valence-electron chi connectivity index (χ3n) is 5.14. The van der Waals surface area contributed by atoms with E-state index in [0.29, 0.717) is 0 Å². The quantitative estimate of drug-likeness (QED) is 0.656. The lowest BCUT2D eigenvalue weighted by Crippen LogP contribution is -2.61. The van der Waals surface area contributed by atoms with Gasteiger partial charge in [-0.05, 0) is 37.1 Å². The first-order valence-corrected chi connectivity index (χ1v) is 10.7. The molecule has 28 heavy (non-hydrogen) atoms. The van der Waals surface area contributed by atoms with Gasteiger partial charge >= 0.3 is 5.97 Å². The molecule has 1 amide bonds. The summed E-state index contributed by atoms with van der Waals surface area (Å²) in [6, 6.07) is 4.75. The fraction of sp³-hybridized carbons (Fsp3) is 0.556. The Labute approximate surface area is 162 Å². The standard InChI is InChI=1S/C18H23FN2O6S/c19-13-5-7-14(8-6-13)27-16(18(23)24)9-20-28(25,26)15-10-21(11-15)17(22)12-3-1-2-4-12/h5-8,12,15-16,20H,1-4,9-11H2,(H,23,24). The highest BCUT2D eigenvalue weighted by molar-refractivity contribution is 7.90. The molecule has 1 heterocycles. The van der Waals surface area contributed by atoms with E-state index in [1.807, 2.05) is 0 Å². The first-order valence-electron chi connectivity index (χ1n) is 9.18. The number of benzene rings is 1. The van der Waals surface area contributed by atoms with Gasteiger partial charge in [-0.15, -0.1) is 0 Å². The molecule has 0 aromatic heterocycles. The number of carbonyl (C=O) groups excluding carboxylic acids is 1. The van der Waals surface area contributed by atoms with Crippen molar-refractivity contribution in [3.05, 3.63) is 30.1 Å². The third-order valence-corrected chi connectivity index (χ3v) is 6.89. The lowest BCUT2D eigenvalue weighted by Gasteiger charge is -2.40. The zero-order valence-corrected chi connectivity index (χ0v) is 16.0. The first-order chi connectivity index (χ1) is 13.3. The SMILES string of the molecule is O=C(O)C(CNS(=O)(=O)C1CN(C(=O)C2CCCC2)C1)Oc1ccc(F)cc1. The topological polar surface area (TPSA) is 113 Å². The molecule has 1 aromatic rings. The smallest absolute Gasteiger partial charge is 0.346 e. The Balaban J connectivity index is 1.51. The molecule has 1 saturated carbocycles. The van der Waals surface area contributed by atoms with E-state index in [-0.39, 0.29) is 30.7 Å². The zero-order chi connectivity index (χ0) is 20.3. The van der Waals surface area contributed by atoms with E-state index in [4.69, 9.17) is 4.74 Å². The van der Waals surface area contributed by atoms with Crippen molar-refractivity contribution in [3.8, 4) is 5.75 Å². The van der Waals surface area contributed by atoms with E-state index in [1.165, 1.54) is 12.1 Å². The molecule has 1 aromatic carbocycles. The highest BCUT2D eigenvalue weighted by atomic mass is 32.2. The number of carbonyl (C=O) groups is 2. The van der Waals surface area contributed by atoms with Crippen LogP contribution in [0.3, 0.4) is 0 Å². The van der Waals surface area contributed by atoms with Crippen molar-refractivity contribution in [3.63, 3.8) is 0 Å². The molecule has 1 aliphatic carbocycles. The van der Waals surface area contributed by atoms with E-state index in [0.717, 1.165) is 37.8 Å². The van der Waals surface area contributed by atoms with Crippen molar-refractivity contribution in [1.82, 2.24) is 9.62 Å². The van der Waals surface area contributed by atoms with E-state index < -0.39 is 39.7 Å². The van der Waals surface area contributed by atoms with Gasteiger partial charge in [-0.3, -0.25) is 4.79 Å². The molecule has 2 N–H and O–H groups in total. The molecule has 0 bridgehead atoms. The lowest BCUT2D eigenvalue weighted by atomic mass is 10.0. The second kappa shape index (κ2) is 8.44. The minimum absolute atomic E-state index is 0.00267. The van der Waals surface area contributed by atoms with Crippen molar-refractivity contribution < 1.29 is 32.2 Å². The fourth-order valence-electron chi connectivity index (χ4n) is 3.41. The number of rotatable bonds is 8. The Hall–Kier alpha value is -2.20. The molecule has 1 atom stereocenters. The number of carboxylic acids is 1. The molecule has 1 saturated heterocycles. The number of halogens is 1. The number of amides is 1. The number of carboxylic acid groups (broad SMARTS) is 1. The molecular weight excluding hydrogens is 391 g/mol. The van der Waals surface area contributed by atoms with E-state index in [1.54, 1.807) is 4.90 Å². The van der Waals surface area contributed by atoms with Gasteiger partial charge in [0.2, 0.25) is 22.0 Å². The summed E-state index contributed by atoms with van der Waals surface area (Å²) in [6.07, 6.45) is 2.30. The van der Waals surface area contributed by atoms with Gasteiger partial charge in [-0.2, -0.15) is 0 Å². The molecule has 10 heteroatoms. The van der Waals surface area contributed by atoms with Crippen LogP contribution in [0.25, 0.3) is 0 Å². The molecular formula is C18H23FN2O6S. The Morgan fingerprint density at radius 1 is 1.21 bits per heavy atom. The first kappa shape index (κ1) is 20.5. The summed E-state index contributed by atoms with van der Waals surface area (Å²) in [4.78, 5) is 25.2. The van der Waals surface area contributed by atoms with Crippen LogP contribution in [0.15, 0.2) is 24.3 Å². The second-order valence-electron chi connectivity index (χ2n) is 7.14. The van der Waals surface area contributed by atoms with Crippen LogP contribution in [-0.4, -0.2) is 61.3 Å². The fourth-order valence-corrected chi connectivity index (χ4v) is 4.78. The zero-order valence-electron chi connectivity index (χ0n) is 15.2. The molecule has 2 fully saturated rings. The average Bonchev–Trinajstić information content (AvgIpc) is 3.13. The normalized spacial score (nSPS) is 19.2. The van der Waals surface area contributed by atoms with Gasteiger partial charge in [0.25, 0.3) is 0 Å². The van der Waals surface area contributed by atoms with E-state index >= 15 is 0 Å². The highest BCUT2D eigenvalue weighted by Crippen LogP contribution is 2.29. The van der Waals surface area contributed by atoms with Crippen LogP contribution < -0.4 is 9.46 Å². The molecule has 1 unspecified atom stereocenters. The van der Waals surface area contributed by atoms with Crippen LogP contribution in [0, 0.1) is 11.7 Å². The molecule has 3 rings (SSSR count). The Morgan fingerprint density at radius 2 is 1.82 bits per heavy atom. The van der Waals surface area contributed by atoms with Gasteiger partial charge < -0.3 is 14.7 Å². The minimum Gasteiger partial charge on any atom is -0.478 e. The number of likely N-dealkylation sites (tertiary alicyclic amines) is 1. The minimum atomic E-state index is -3.79. The number of aliphatic carboxylic acids is 1. The summed E-state index contributed by atoms with van der Waals surface area (Å²) in [7, 11) is -3.79. The number of ether oxygens (including phenoxy) is 1. The van der Waals surface area contributed by atoms with Gasteiger partial charge in [-0.1, -0.05) is 12.8 Å². The number of hydrogen-bond donors (Lipinski definition) is 2. The number of nitrogens with zero attached hydrogens (tertiary/aromatic N) is 1. The van der Waals surface area contributed by atoms with Gasteiger partial charge in [0.15, 0.2) is 0 Å². The van der Waals surface area contributed by atoms with Crippen LogP contribution in [0.2, 0.25) is 0 Å². The van der Waals surface area contributed by atoms with Crippen molar-refractivity contribution >= 4 is 21.9 Å². The Morgan fingerprint density at radius 3 is 2.39 bits per heavy atom. The Bertz CT molecular complexity index is 817. The lowest BCUT2D eigenvalue weighted by molar-refractivity contribution is -0.144. The summed E-state index contributed by atoms with van der Waals surface area (Å²) in [5.74, 6) is -1.73. The van der Waals surface area contributed by atoms with Gasteiger partial charge in [0.05, 0.1) is 6.54 Å². The van der Waals surface area contributed by atoms with Crippen LogP contribution >= 0.6 is 0 Å². The van der Waals surface area contributed by atoms with Crippen molar-refractivity contribution in [2.45, 2.75) is 37.0 Å². The number of nitrogens with one attached hydrogen (secondary N) is 1.